The monoisotopic (exact) mass is 310 g/mol. The van der Waals surface area contributed by atoms with Crippen LogP contribution in [-0.4, -0.2) is 25.8 Å². The van der Waals surface area contributed by atoms with Crippen molar-refractivity contribution < 1.29 is 9.53 Å². The van der Waals surface area contributed by atoms with Crippen LogP contribution in [0.2, 0.25) is 5.02 Å². The van der Waals surface area contributed by atoms with E-state index in [-0.39, 0.29) is 12.1 Å². The van der Waals surface area contributed by atoms with E-state index in [1.54, 1.807) is 0 Å². The molecule has 1 atom stereocenters. The normalized spacial score (nSPS) is 15.5. The number of carbonyl (C=O) groups excluding carboxylic acids is 1. The summed E-state index contributed by atoms with van der Waals surface area (Å²) < 4.78 is 5.24. The van der Waals surface area contributed by atoms with Crippen molar-refractivity contribution in [3.05, 3.63) is 34.9 Å². The Morgan fingerprint density at radius 3 is 2.71 bits per heavy atom. The molecule has 1 aromatic rings. The summed E-state index contributed by atoms with van der Waals surface area (Å²) in [6.07, 6.45) is 3.16. The Kier molecular flexibility index (Phi) is 6.33. The molecule has 5 heteroatoms. The molecular formula is C16H23ClN2O2. The molecule has 0 bridgehead atoms. The van der Waals surface area contributed by atoms with E-state index in [0.717, 1.165) is 24.8 Å². The highest BCUT2D eigenvalue weighted by atomic mass is 35.5. The molecule has 2 amide bonds. The molecule has 0 radical (unpaired) electrons. The van der Waals surface area contributed by atoms with Gasteiger partial charge >= 0.3 is 6.03 Å². The van der Waals surface area contributed by atoms with Crippen LogP contribution in [0.25, 0.3) is 0 Å². The quantitative estimate of drug-likeness (QED) is 0.722. The number of ether oxygens (including phenoxy) is 1. The van der Waals surface area contributed by atoms with Gasteiger partial charge in [-0.15, -0.1) is 0 Å². The summed E-state index contributed by atoms with van der Waals surface area (Å²) in [5.41, 5.74) is 1.12. The third-order valence-electron chi connectivity index (χ3n) is 3.56. The first kappa shape index (κ1) is 16.1. The van der Waals surface area contributed by atoms with Crippen molar-refractivity contribution in [3.63, 3.8) is 0 Å². The Morgan fingerprint density at radius 2 is 2.10 bits per heavy atom. The summed E-state index contributed by atoms with van der Waals surface area (Å²) in [5.74, 6) is 0.542. The molecule has 1 saturated carbocycles. The number of hydrogen-bond acceptors (Lipinski definition) is 2. The summed E-state index contributed by atoms with van der Waals surface area (Å²) in [7, 11) is 0. The Morgan fingerprint density at radius 1 is 1.38 bits per heavy atom. The number of carbonyl (C=O) groups is 1. The molecule has 2 N–H and O–H groups in total. The van der Waals surface area contributed by atoms with Gasteiger partial charge in [-0.3, -0.25) is 0 Å². The second kappa shape index (κ2) is 8.25. The van der Waals surface area contributed by atoms with Gasteiger partial charge in [0.25, 0.3) is 0 Å². The van der Waals surface area contributed by atoms with Crippen molar-refractivity contribution in [1.29, 1.82) is 0 Å². The van der Waals surface area contributed by atoms with Crippen molar-refractivity contribution >= 4 is 17.6 Å². The number of benzene rings is 1. The van der Waals surface area contributed by atoms with Crippen LogP contribution < -0.4 is 10.6 Å². The Labute approximate surface area is 131 Å². The zero-order valence-electron chi connectivity index (χ0n) is 12.4. The standard InChI is InChI=1S/C16H23ClN2O2/c1-2-21-11-3-10-18-16(20)19-15(12-4-5-12)13-6-8-14(17)9-7-13/h6-9,12,15H,2-5,10-11H2,1H3,(H2,18,19,20). The smallest absolute Gasteiger partial charge is 0.315 e. The molecule has 1 aliphatic rings. The molecule has 2 rings (SSSR count). The van der Waals surface area contributed by atoms with Crippen LogP contribution in [0.3, 0.4) is 0 Å². The maximum atomic E-state index is 12.0. The molecule has 0 heterocycles. The first-order valence-electron chi connectivity index (χ1n) is 7.58. The fraction of sp³-hybridized carbons (Fsp3) is 0.562. The van der Waals surface area contributed by atoms with Gasteiger partial charge in [0, 0.05) is 24.8 Å². The van der Waals surface area contributed by atoms with E-state index in [2.05, 4.69) is 10.6 Å². The van der Waals surface area contributed by atoms with E-state index >= 15 is 0 Å². The van der Waals surface area contributed by atoms with Crippen LogP contribution in [0.4, 0.5) is 4.79 Å². The van der Waals surface area contributed by atoms with Crippen LogP contribution in [0, 0.1) is 5.92 Å². The van der Waals surface area contributed by atoms with Crippen molar-refractivity contribution in [1.82, 2.24) is 10.6 Å². The second-order valence-electron chi connectivity index (χ2n) is 5.32. The predicted molar refractivity (Wildman–Crippen MR) is 84.6 cm³/mol. The van der Waals surface area contributed by atoms with Gasteiger partial charge in [0.2, 0.25) is 0 Å². The van der Waals surface area contributed by atoms with Crippen LogP contribution in [-0.2, 0) is 4.74 Å². The number of amides is 2. The minimum absolute atomic E-state index is 0.0779. The molecular weight excluding hydrogens is 288 g/mol. The van der Waals surface area contributed by atoms with Gasteiger partial charge in [-0.25, -0.2) is 4.79 Å². The van der Waals surface area contributed by atoms with E-state index in [4.69, 9.17) is 16.3 Å². The van der Waals surface area contributed by atoms with E-state index in [1.165, 1.54) is 0 Å². The van der Waals surface area contributed by atoms with E-state index in [9.17, 15) is 4.79 Å². The van der Waals surface area contributed by atoms with Crippen molar-refractivity contribution in [2.75, 3.05) is 19.8 Å². The topological polar surface area (TPSA) is 50.4 Å². The zero-order chi connectivity index (χ0) is 15.1. The van der Waals surface area contributed by atoms with Crippen LogP contribution >= 0.6 is 11.6 Å². The maximum Gasteiger partial charge on any atom is 0.315 e. The number of nitrogens with one attached hydrogen (secondary N) is 2. The molecule has 0 saturated heterocycles. The summed E-state index contributed by atoms with van der Waals surface area (Å²) in [4.78, 5) is 12.0. The second-order valence-corrected chi connectivity index (χ2v) is 5.75. The highest BCUT2D eigenvalue weighted by molar-refractivity contribution is 6.30. The molecule has 1 unspecified atom stereocenters. The highest BCUT2D eigenvalue weighted by Crippen LogP contribution is 2.41. The van der Waals surface area contributed by atoms with Gasteiger partial charge in [0.15, 0.2) is 0 Å². The van der Waals surface area contributed by atoms with Crippen molar-refractivity contribution in [3.8, 4) is 0 Å². The van der Waals surface area contributed by atoms with Crippen molar-refractivity contribution in [2.45, 2.75) is 32.2 Å². The zero-order valence-corrected chi connectivity index (χ0v) is 13.2. The SMILES string of the molecule is CCOCCCNC(=O)NC(c1ccc(Cl)cc1)C1CC1. The third-order valence-corrected chi connectivity index (χ3v) is 3.82. The van der Waals surface area contributed by atoms with E-state index in [1.807, 2.05) is 31.2 Å². The molecule has 21 heavy (non-hydrogen) atoms. The van der Waals surface area contributed by atoms with E-state index in [0.29, 0.717) is 30.7 Å². The first-order chi connectivity index (χ1) is 10.2. The van der Waals surface area contributed by atoms with Gasteiger partial charge in [0.05, 0.1) is 6.04 Å². The largest absolute Gasteiger partial charge is 0.382 e. The first-order valence-corrected chi connectivity index (χ1v) is 7.96. The van der Waals surface area contributed by atoms with Gasteiger partial charge in [0.1, 0.15) is 0 Å². The third kappa shape index (κ3) is 5.56. The number of halogens is 1. The average Bonchev–Trinajstić information content (AvgIpc) is 3.30. The molecule has 0 spiro atoms. The molecule has 4 nitrogen and oxygen atoms in total. The minimum Gasteiger partial charge on any atom is -0.382 e. The number of hydrogen-bond donors (Lipinski definition) is 2. The molecule has 1 fully saturated rings. The van der Waals surface area contributed by atoms with Crippen LogP contribution in [0.15, 0.2) is 24.3 Å². The number of urea groups is 1. The maximum absolute atomic E-state index is 12.0. The Hall–Kier alpha value is -1.26. The van der Waals surface area contributed by atoms with Gasteiger partial charge in [-0.1, -0.05) is 23.7 Å². The fourth-order valence-corrected chi connectivity index (χ4v) is 2.41. The molecule has 1 aromatic carbocycles. The highest BCUT2D eigenvalue weighted by Gasteiger charge is 2.33. The minimum atomic E-state index is -0.113. The lowest BCUT2D eigenvalue weighted by atomic mass is 10.0. The van der Waals surface area contributed by atoms with Gasteiger partial charge in [-0.05, 0) is 49.8 Å². The lowest BCUT2D eigenvalue weighted by molar-refractivity contribution is 0.145. The summed E-state index contributed by atoms with van der Waals surface area (Å²) in [6, 6.07) is 7.68. The molecule has 0 aromatic heterocycles. The lowest BCUT2D eigenvalue weighted by Crippen LogP contribution is -2.39. The van der Waals surface area contributed by atoms with Crippen molar-refractivity contribution in [2.24, 2.45) is 5.92 Å². The molecule has 1 aliphatic carbocycles. The molecule has 0 aliphatic heterocycles. The Bertz CT molecular complexity index is 446. The summed E-state index contributed by atoms with van der Waals surface area (Å²) in [6.45, 7) is 3.99. The predicted octanol–water partition coefficient (Wildman–Crippen LogP) is 3.52. The van der Waals surface area contributed by atoms with Crippen LogP contribution in [0.5, 0.6) is 0 Å². The summed E-state index contributed by atoms with van der Waals surface area (Å²) >= 11 is 5.92. The van der Waals surface area contributed by atoms with Gasteiger partial charge < -0.3 is 15.4 Å². The van der Waals surface area contributed by atoms with Gasteiger partial charge in [-0.2, -0.15) is 0 Å². The lowest BCUT2D eigenvalue weighted by Gasteiger charge is -2.19. The molecule has 116 valence electrons. The van der Waals surface area contributed by atoms with E-state index < -0.39 is 0 Å². The average molecular weight is 311 g/mol. The number of rotatable bonds is 8. The fourth-order valence-electron chi connectivity index (χ4n) is 2.29. The van der Waals surface area contributed by atoms with Crippen LogP contribution in [0.1, 0.15) is 37.8 Å². The Balaban J connectivity index is 1.80. The summed E-state index contributed by atoms with van der Waals surface area (Å²) in [5, 5.41) is 6.67.